The third-order valence-electron chi connectivity index (χ3n) is 4.16. The number of nitrogens with zero attached hydrogens (tertiary/aromatic N) is 3. The van der Waals surface area contributed by atoms with Gasteiger partial charge < -0.3 is 10.6 Å². The van der Waals surface area contributed by atoms with E-state index in [9.17, 15) is 9.59 Å². The van der Waals surface area contributed by atoms with Gasteiger partial charge in [-0.15, -0.1) is 0 Å². The highest BCUT2D eigenvalue weighted by atomic mass is 16.2. The predicted octanol–water partition coefficient (Wildman–Crippen LogP) is -0.123. The molecule has 0 aromatic heterocycles. The first-order chi connectivity index (χ1) is 9.58. The zero-order chi connectivity index (χ0) is 14.3. The third-order valence-corrected chi connectivity index (χ3v) is 4.16. The van der Waals surface area contributed by atoms with Crippen molar-refractivity contribution in [2.24, 2.45) is 16.8 Å². The van der Waals surface area contributed by atoms with Crippen LogP contribution in [0.1, 0.15) is 12.8 Å². The van der Waals surface area contributed by atoms with Gasteiger partial charge in [0, 0.05) is 5.57 Å². The molecule has 3 rings (SSSR count). The van der Waals surface area contributed by atoms with Crippen molar-refractivity contribution in [3.8, 4) is 0 Å². The van der Waals surface area contributed by atoms with E-state index >= 15 is 0 Å². The van der Waals surface area contributed by atoms with Crippen LogP contribution in [0.2, 0.25) is 0 Å². The SMILES string of the molecule is CN1CCC(N2N=C3C=CC=C(C(N)=O)C3C2=O)CC1. The molecule has 0 aromatic rings. The molecule has 106 valence electrons. The molecule has 2 N–H and O–H groups in total. The van der Waals surface area contributed by atoms with E-state index < -0.39 is 11.8 Å². The molecule has 6 nitrogen and oxygen atoms in total. The van der Waals surface area contributed by atoms with Crippen LogP contribution in [0, 0.1) is 5.92 Å². The van der Waals surface area contributed by atoms with Gasteiger partial charge in [0.15, 0.2) is 0 Å². The van der Waals surface area contributed by atoms with Crippen molar-refractivity contribution in [1.82, 2.24) is 9.91 Å². The lowest BCUT2D eigenvalue weighted by atomic mass is 9.89. The Balaban J connectivity index is 1.83. The van der Waals surface area contributed by atoms with Gasteiger partial charge in [0.05, 0.1) is 11.8 Å². The first-order valence-corrected chi connectivity index (χ1v) is 6.86. The molecule has 0 bridgehead atoms. The molecule has 2 amide bonds. The van der Waals surface area contributed by atoms with E-state index in [4.69, 9.17) is 5.73 Å². The van der Waals surface area contributed by atoms with Gasteiger partial charge in [-0.25, -0.2) is 5.01 Å². The molecule has 1 atom stereocenters. The van der Waals surface area contributed by atoms with E-state index in [1.54, 1.807) is 23.2 Å². The van der Waals surface area contributed by atoms with Crippen LogP contribution in [-0.2, 0) is 9.59 Å². The molecule has 0 aromatic carbocycles. The first kappa shape index (κ1) is 13.1. The maximum absolute atomic E-state index is 12.6. The van der Waals surface area contributed by atoms with Crippen LogP contribution >= 0.6 is 0 Å². The number of carbonyl (C=O) groups excluding carboxylic acids is 2. The van der Waals surface area contributed by atoms with E-state index in [1.807, 2.05) is 0 Å². The van der Waals surface area contributed by atoms with Crippen LogP contribution < -0.4 is 5.73 Å². The maximum atomic E-state index is 12.6. The topological polar surface area (TPSA) is 79.0 Å². The molecule has 0 spiro atoms. The largest absolute Gasteiger partial charge is 0.366 e. The number of amides is 2. The number of fused-ring (bicyclic) bond motifs is 1. The van der Waals surface area contributed by atoms with Gasteiger partial charge in [-0.05, 0) is 39.1 Å². The lowest BCUT2D eigenvalue weighted by molar-refractivity contribution is -0.134. The zero-order valence-corrected chi connectivity index (χ0v) is 11.5. The quantitative estimate of drug-likeness (QED) is 0.762. The van der Waals surface area contributed by atoms with Crippen molar-refractivity contribution < 1.29 is 9.59 Å². The van der Waals surface area contributed by atoms with E-state index in [2.05, 4.69) is 17.0 Å². The molecule has 1 aliphatic carbocycles. The monoisotopic (exact) mass is 274 g/mol. The fourth-order valence-electron chi connectivity index (χ4n) is 2.98. The lowest BCUT2D eigenvalue weighted by Gasteiger charge is -2.33. The number of likely N-dealkylation sites (tertiary alicyclic amines) is 1. The maximum Gasteiger partial charge on any atom is 0.256 e. The van der Waals surface area contributed by atoms with Crippen LogP contribution in [-0.4, -0.2) is 53.6 Å². The number of piperidine rings is 1. The number of primary amides is 1. The van der Waals surface area contributed by atoms with Crippen LogP contribution in [0.25, 0.3) is 0 Å². The first-order valence-electron chi connectivity index (χ1n) is 6.86. The molecule has 0 saturated carbocycles. The summed E-state index contributed by atoms with van der Waals surface area (Å²) in [6, 6.07) is 0.124. The second-order valence-corrected chi connectivity index (χ2v) is 5.52. The average molecular weight is 274 g/mol. The standard InChI is InChI=1S/C14H18N4O2/c1-17-7-5-9(6-8-17)18-14(20)12-10(13(15)19)3-2-4-11(12)16-18/h2-4,9,12H,5-8H2,1H3,(H2,15,19). The summed E-state index contributed by atoms with van der Waals surface area (Å²) in [7, 11) is 2.07. The van der Waals surface area contributed by atoms with Crippen molar-refractivity contribution in [3.63, 3.8) is 0 Å². The number of nitrogens with two attached hydrogens (primary N) is 1. The third kappa shape index (κ3) is 2.06. The number of rotatable bonds is 2. The highest BCUT2D eigenvalue weighted by Gasteiger charge is 2.43. The van der Waals surface area contributed by atoms with Gasteiger partial charge in [-0.1, -0.05) is 12.2 Å². The van der Waals surface area contributed by atoms with Crippen molar-refractivity contribution >= 4 is 17.5 Å². The Bertz CT molecular complexity index is 541. The number of allylic oxidation sites excluding steroid dienone is 3. The Morgan fingerprint density at radius 2 is 2.10 bits per heavy atom. The van der Waals surface area contributed by atoms with Gasteiger partial charge >= 0.3 is 0 Å². The molecule has 3 aliphatic rings. The van der Waals surface area contributed by atoms with Gasteiger partial charge in [0.1, 0.15) is 5.92 Å². The van der Waals surface area contributed by atoms with E-state index in [-0.39, 0.29) is 11.9 Å². The molecule has 2 heterocycles. The number of hydrazone groups is 1. The van der Waals surface area contributed by atoms with E-state index in [0.717, 1.165) is 25.9 Å². The molecule has 2 aliphatic heterocycles. The minimum atomic E-state index is -0.600. The summed E-state index contributed by atoms with van der Waals surface area (Å²) >= 11 is 0. The summed E-state index contributed by atoms with van der Waals surface area (Å²) in [6.45, 7) is 1.91. The number of hydrogen-bond acceptors (Lipinski definition) is 4. The van der Waals surface area contributed by atoms with Crippen molar-refractivity contribution in [1.29, 1.82) is 0 Å². The summed E-state index contributed by atoms with van der Waals surface area (Å²) in [5, 5.41) is 5.99. The minimum Gasteiger partial charge on any atom is -0.366 e. The van der Waals surface area contributed by atoms with Gasteiger partial charge in [0.25, 0.3) is 5.91 Å². The Hall–Kier alpha value is -1.95. The summed E-state index contributed by atoms with van der Waals surface area (Å²) in [5.74, 6) is -1.27. The molecule has 1 saturated heterocycles. The second-order valence-electron chi connectivity index (χ2n) is 5.52. The highest BCUT2D eigenvalue weighted by molar-refractivity contribution is 6.21. The molecule has 0 radical (unpaired) electrons. The molecule has 1 fully saturated rings. The van der Waals surface area contributed by atoms with Gasteiger partial charge in [-0.2, -0.15) is 5.10 Å². The van der Waals surface area contributed by atoms with E-state index in [0.29, 0.717) is 11.3 Å². The van der Waals surface area contributed by atoms with Gasteiger partial charge in [0.2, 0.25) is 5.91 Å². The molecular weight excluding hydrogens is 256 g/mol. The van der Waals surface area contributed by atoms with Crippen LogP contribution in [0.3, 0.4) is 0 Å². The smallest absolute Gasteiger partial charge is 0.256 e. The van der Waals surface area contributed by atoms with Crippen LogP contribution in [0.4, 0.5) is 0 Å². The normalized spacial score (nSPS) is 27.4. The second kappa shape index (κ2) is 4.86. The van der Waals surface area contributed by atoms with Crippen molar-refractivity contribution in [3.05, 3.63) is 23.8 Å². The zero-order valence-electron chi connectivity index (χ0n) is 11.5. The minimum absolute atomic E-state index is 0.121. The Kier molecular flexibility index (Phi) is 3.17. The van der Waals surface area contributed by atoms with Crippen molar-refractivity contribution in [2.75, 3.05) is 20.1 Å². The molecule has 1 unspecified atom stereocenters. The summed E-state index contributed by atoms with van der Waals surface area (Å²) in [6.07, 6.45) is 6.93. The van der Waals surface area contributed by atoms with Crippen LogP contribution in [0.5, 0.6) is 0 Å². The predicted molar refractivity (Wildman–Crippen MR) is 74.7 cm³/mol. The molecular formula is C14H18N4O2. The fraction of sp³-hybridized carbons (Fsp3) is 0.500. The number of hydrogen-bond donors (Lipinski definition) is 1. The Morgan fingerprint density at radius 3 is 2.75 bits per heavy atom. The Morgan fingerprint density at radius 1 is 1.40 bits per heavy atom. The van der Waals surface area contributed by atoms with Crippen molar-refractivity contribution in [2.45, 2.75) is 18.9 Å². The fourth-order valence-corrected chi connectivity index (χ4v) is 2.98. The summed E-state index contributed by atoms with van der Waals surface area (Å²) in [4.78, 5) is 26.2. The summed E-state index contributed by atoms with van der Waals surface area (Å²) < 4.78 is 0. The highest BCUT2D eigenvalue weighted by Crippen LogP contribution is 2.30. The summed E-state index contributed by atoms with van der Waals surface area (Å²) in [5.41, 5.74) is 6.32. The van der Waals surface area contributed by atoms with Gasteiger partial charge in [-0.3, -0.25) is 9.59 Å². The lowest BCUT2D eigenvalue weighted by Crippen LogP contribution is -2.44. The van der Waals surface area contributed by atoms with Crippen LogP contribution in [0.15, 0.2) is 28.9 Å². The van der Waals surface area contributed by atoms with E-state index in [1.165, 1.54) is 0 Å². The molecule has 6 heteroatoms. The Labute approximate surface area is 117 Å². The average Bonchev–Trinajstić information content (AvgIpc) is 2.77. The number of carbonyl (C=O) groups is 2. The molecule has 20 heavy (non-hydrogen) atoms.